The molecule has 0 atom stereocenters. The molecule has 0 saturated heterocycles. The van der Waals surface area contributed by atoms with Crippen LogP contribution in [0.4, 0.5) is 0 Å². The second-order valence-corrected chi connectivity index (χ2v) is 32.4. The maximum absolute atomic E-state index is 13.3. The van der Waals surface area contributed by atoms with Crippen LogP contribution in [0.1, 0.15) is 499 Å². The zero-order chi connectivity index (χ0) is 79.9. The van der Waals surface area contributed by atoms with Crippen molar-refractivity contribution in [1.29, 1.82) is 0 Å². The molecule has 0 bridgehead atoms. The summed E-state index contributed by atoms with van der Waals surface area (Å²) in [6.45, 7) is 20.1. The van der Waals surface area contributed by atoms with Crippen molar-refractivity contribution in [1.82, 2.24) is 61.1 Å². The average molecular weight is 1540 g/mol. The molecule has 4 heterocycles. The second kappa shape index (κ2) is 70.8. The molecule has 634 valence electrons. The van der Waals surface area contributed by atoms with Gasteiger partial charge >= 0.3 is 0 Å². The Labute approximate surface area is 679 Å². The number of carbonyl (C=O) groups is 4. The number of amides is 4. The van der Waals surface area contributed by atoms with Crippen LogP contribution in [0.15, 0.2) is 24.3 Å². The molecule has 111 heavy (non-hydrogen) atoms. The van der Waals surface area contributed by atoms with Crippen LogP contribution in [0.3, 0.4) is 0 Å². The highest BCUT2D eigenvalue weighted by Gasteiger charge is 2.25. The molecule has 4 aromatic heterocycles. The fraction of sp³-hybridized carbons (Fsp3) is 0.789. The number of H-pyrrole nitrogens is 4. The van der Waals surface area contributed by atoms with E-state index in [9.17, 15) is 19.2 Å². The number of hydrogen-bond acceptors (Lipinski definition) is 8. The molecule has 0 fully saturated rings. The van der Waals surface area contributed by atoms with E-state index >= 15 is 0 Å². The van der Waals surface area contributed by atoms with E-state index in [0.29, 0.717) is 72.3 Å². The van der Waals surface area contributed by atoms with Crippen LogP contribution in [0.25, 0.3) is 23.3 Å². The minimum atomic E-state index is -0.146. The number of rotatable bonds is 75. The zero-order valence-corrected chi connectivity index (χ0v) is 73.1. The van der Waals surface area contributed by atoms with Crippen molar-refractivity contribution < 1.29 is 19.2 Å². The molecule has 0 unspecified atom stereocenters. The molecule has 0 saturated carbocycles. The first-order chi connectivity index (χ1) is 54.6. The predicted molar refractivity (Wildman–Crippen MR) is 473 cm³/mol. The Balaban J connectivity index is 0.000000576. The van der Waals surface area contributed by atoms with E-state index in [0.717, 1.165) is 126 Å². The van der Waals surface area contributed by atoms with Gasteiger partial charge in [0.15, 0.2) is 23.3 Å². The highest BCUT2D eigenvalue weighted by atomic mass is 16.2. The van der Waals surface area contributed by atoms with Gasteiger partial charge in [0.2, 0.25) is 0 Å². The minimum Gasteiger partial charge on any atom is -0.351 e. The Morgan fingerprint density at radius 1 is 0.216 bits per heavy atom. The minimum absolute atomic E-state index is 0.137. The summed E-state index contributed by atoms with van der Waals surface area (Å²) in [5.74, 6) is 1.49. The number of allylic oxidation sites excluding steroid dienone is 4. The maximum atomic E-state index is 13.3. The van der Waals surface area contributed by atoms with E-state index in [1.807, 2.05) is 0 Å². The Morgan fingerprint density at radius 3 is 0.532 bits per heavy atom. The van der Waals surface area contributed by atoms with Gasteiger partial charge in [-0.3, -0.25) is 19.2 Å². The van der Waals surface area contributed by atoms with Crippen LogP contribution in [-0.2, 0) is 25.7 Å². The third-order valence-corrected chi connectivity index (χ3v) is 21.8. The average Bonchev–Trinajstić information content (AvgIpc) is 1.66. The summed E-state index contributed by atoms with van der Waals surface area (Å²) in [6, 6.07) is 0. The predicted octanol–water partition coefficient (Wildman–Crippen LogP) is 27.0. The fourth-order valence-electron chi connectivity index (χ4n) is 14.9. The van der Waals surface area contributed by atoms with Gasteiger partial charge in [-0.2, -0.15) is 0 Å². The molecular weight excluding hydrogens is 1370 g/mol. The number of aromatic amines is 4. The van der Waals surface area contributed by atoms with Crippen molar-refractivity contribution in [3.8, 4) is 23.3 Å². The lowest BCUT2D eigenvalue weighted by molar-refractivity contribution is 0.0939. The van der Waals surface area contributed by atoms with Crippen molar-refractivity contribution in [2.45, 2.75) is 460 Å². The van der Waals surface area contributed by atoms with Crippen LogP contribution in [0.5, 0.6) is 0 Å². The van der Waals surface area contributed by atoms with Gasteiger partial charge in [0.05, 0.1) is 0 Å². The summed E-state index contributed by atoms with van der Waals surface area (Å²) >= 11 is 0. The van der Waals surface area contributed by atoms with Crippen molar-refractivity contribution in [2.24, 2.45) is 0 Å². The lowest BCUT2D eigenvalue weighted by Crippen LogP contribution is -2.26. The van der Waals surface area contributed by atoms with Gasteiger partial charge < -0.3 is 41.2 Å². The molecule has 0 aliphatic carbocycles. The number of imidazole rings is 4. The summed E-state index contributed by atoms with van der Waals surface area (Å²) < 4.78 is 0. The van der Waals surface area contributed by atoms with Crippen LogP contribution in [0, 0.1) is 0 Å². The SMILES string of the molecule is CCCCCCC/C=C\CCCCCCCCNC(=O)c1nc(-c2nc(C(=O)NCCCCCCCC/C=C\CCCCCCCC)c(CCC)[nH]2)[nH]c1CCC.CCCCCCCCCCCCCCCCNC(=O)c1nc(-c2nc(C(=O)NCCCCCCCCCCCCCCCC)c(CCC)[nH]2)[nH]c1CCC. The van der Waals surface area contributed by atoms with Crippen LogP contribution < -0.4 is 21.3 Å². The van der Waals surface area contributed by atoms with Gasteiger partial charge in [0, 0.05) is 49.0 Å². The van der Waals surface area contributed by atoms with Gasteiger partial charge in [-0.05, 0) is 103 Å². The summed E-state index contributed by atoms with van der Waals surface area (Å²) in [6.07, 6.45) is 86.9. The van der Waals surface area contributed by atoms with Gasteiger partial charge in [0.1, 0.15) is 22.8 Å². The van der Waals surface area contributed by atoms with Gasteiger partial charge in [0.25, 0.3) is 23.6 Å². The van der Waals surface area contributed by atoms with Gasteiger partial charge in [-0.1, -0.05) is 381 Å². The van der Waals surface area contributed by atoms with Crippen molar-refractivity contribution in [2.75, 3.05) is 26.2 Å². The van der Waals surface area contributed by atoms with Crippen LogP contribution in [-0.4, -0.2) is 89.7 Å². The number of aromatic nitrogens is 8. The number of unbranched alkanes of at least 4 members (excludes halogenated alkanes) is 49. The van der Waals surface area contributed by atoms with E-state index < -0.39 is 0 Å². The third kappa shape index (κ3) is 48.9. The smallest absolute Gasteiger partial charge is 0.271 e. The van der Waals surface area contributed by atoms with Crippen molar-refractivity contribution in [3.05, 3.63) is 69.9 Å². The number of nitrogens with one attached hydrogen (secondary N) is 8. The summed E-state index contributed by atoms with van der Waals surface area (Å²) in [5, 5.41) is 12.4. The first-order valence-electron chi connectivity index (χ1n) is 47.4. The summed E-state index contributed by atoms with van der Waals surface area (Å²) in [4.78, 5) is 85.3. The van der Waals surface area contributed by atoms with Crippen LogP contribution >= 0.6 is 0 Å². The van der Waals surface area contributed by atoms with E-state index in [-0.39, 0.29) is 23.6 Å². The maximum Gasteiger partial charge on any atom is 0.271 e. The molecule has 4 aromatic rings. The van der Waals surface area contributed by atoms with Crippen molar-refractivity contribution >= 4 is 23.6 Å². The zero-order valence-electron chi connectivity index (χ0n) is 73.1. The quantitative estimate of drug-likeness (QED) is 0.0156. The molecule has 0 aliphatic rings. The first-order valence-corrected chi connectivity index (χ1v) is 47.4. The van der Waals surface area contributed by atoms with Gasteiger partial charge in [-0.15, -0.1) is 0 Å². The number of hydrogen-bond donors (Lipinski definition) is 8. The Kier molecular flexibility index (Phi) is 63.4. The topological polar surface area (TPSA) is 231 Å². The molecule has 16 nitrogen and oxygen atoms in total. The van der Waals surface area contributed by atoms with E-state index in [4.69, 9.17) is 19.9 Å². The van der Waals surface area contributed by atoms with Crippen LogP contribution in [0.2, 0.25) is 0 Å². The summed E-state index contributed by atoms with van der Waals surface area (Å²) in [5.41, 5.74) is 5.01. The normalized spacial score (nSPS) is 11.6. The lowest BCUT2D eigenvalue weighted by atomic mass is 10.0. The molecular formula is C95H170N12O4. The van der Waals surface area contributed by atoms with Crippen molar-refractivity contribution in [3.63, 3.8) is 0 Å². The Hall–Kier alpha value is -5.80. The van der Waals surface area contributed by atoms with Gasteiger partial charge in [-0.25, -0.2) is 19.9 Å². The Bertz CT molecular complexity index is 2840. The Morgan fingerprint density at radius 2 is 0.369 bits per heavy atom. The monoisotopic (exact) mass is 1540 g/mol. The summed E-state index contributed by atoms with van der Waals surface area (Å²) in [7, 11) is 0. The van der Waals surface area contributed by atoms with E-state index in [1.165, 1.54) is 302 Å². The largest absolute Gasteiger partial charge is 0.351 e. The lowest BCUT2D eigenvalue weighted by Gasteiger charge is -2.05. The highest BCUT2D eigenvalue weighted by molar-refractivity contribution is 5.96. The molecule has 0 aromatic carbocycles. The first kappa shape index (κ1) is 99.4. The third-order valence-electron chi connectivity index (χ3n) is 21.8. The molecule has 16 heteroatoms. The standard InChI is InChI=1S/C49H86N6O2.C46H84N6O2/c1-5-9-11-13-15-17-19-21-23-25-27-29-31-33-35-37-41-51-49(57)45-43(39-8-4)53-47(55-45)46-52-42(38-7-3)44(54-46)48(56)50-40-36-34-32-30-28-26-24-22-20-18-16-14-12-10-6-2;1-5-9-11-13-15-17-19-21-23-25-27-29-31-33-37-47-45(53)41-39(35-7-3)49-43(51-41)44-50-40(36-8-4)42(52-44)46(54)48-38-34-32-30-28-26-24-22-20-18-16-14-12-10-6-2/h20-23H,5-19,24-41H2,1-4H3,(H,50,56)(H,51,57)(H,52,54)(H,53,55);5-38H2,1-4H3,(H,47,53)(H,48,54)(H,49,51)(H,50,52)/b22-20-,23-21-;. The molecule has 4 amide bonds. The fourth-order valence-corrected chi connectivity index (χ4v) is 14.9. The molecule has 8 N–H and O–H groups in total. The molecule has 4 rings (SSSR count). The number of aryl methyl sites for hydroxylation is 4. The number of nitrogens with zero attached hydrogens (tertiary/aromatic N) is 4. The molecule has 0 spiro atoms. The number of carbonyl (C=O) groups excluding carboxylic acids is 4. The van der Waals surface area contributed by atoms with E-state index in [1.54, 1.807) is 0 Å². The highest BCUT2D eigenvalue weighted by Crippen LogP contribution is 2.25. The molecule has 0 aliphatic heterocycles. The van der Waals surface area contributed by atoms with E-state index in [2.05, 4.69) is 121 Å². The second-order valence-electron chi connectivity index (χ2n) is 32.4. The molecule has 0 radical (unpaired) electrons.